The molecule has 98 valence electrons. The van der Waals surface area contributed by atoms with Crippen molar-refractivity contribution >= 4 is 6.29 Å². The third-order valence-electron chi connectivity index (χ3n) is 2.58. The zero-order chi connectivity index (χ0) is 13.5. The van der Waals surface area contributed by atoms with E-state index in [-0.39, 0.29) is 0 Å². The molecular weight excluding hydrogens is 240 g/mol. The second-order valence-electron chi connectivity index (χ2n) is 4.05. The first-order chi connectivity index (χ1) is 9.35. The Hall–Kier alpha value is -2.29. The summed E-state index contributed by atoms with van der Waals surface area (Å²) in [6.45, 7) is 2.68. The predicted molar refractivity (Wildman–Crippen MR) is 74.1 cm³/mol. The van der Waals surface area contributed by atoms with Crippen LogP contribution in [-0.2, 0) is 0 Å². The Balaban J connectivity index is 2.25. The zero-order valence-electron chi connectivity index (χ0n) is 10.8. The van der Waals surface area contributed by atoms with Gasteiger partial charge in [0.05, 0.1) is 12.2 Å². The van der Waals surface area contributed by atoms with Gasteiger partial charge in [0, 0.05) is 0 Å². The highest BCUT2D eigenvalue weighted by atomic mass is 16.5. The van der Waals surface area contributed by atoms with E-state index in [1.54, 1.807) is 18.2 Å². The van der Waals surface area contributed by atoms with Gasteiger partial charge in [-0.05, 0) is 30.7 Å². The first kappa shape index (κ1) is 13.1. The average molecular weight is 256 g/mol. The minimum atomic E-state index is 0.521. The van der Waals surface area contributed by atoms with Crippen molar-refractivity contribution in [2.45, 2.75) is 13.3 Å². The first-order valence-corrected chi connectivity index (χ1v) is 6.29. The molecule has 0 bridgehead atoms. The van der Waals surface area contributed by atoms with E-state index in [1.165, 1.54) is 0 Å². The number of benzene rings is 2. The molecule has 3 nitrogen and oxygen atoms in total. The molecule has 0 aromatic heterocycles. The molecule has 2 rings (SSSR count). The monoisotopic (exact) mass is 256 g/mol. The molecule has 2 aromatic carbocycles. The molecule has 0 fully saturated rings. The Bertz CT molecular complexity index is 549. The maximum atomic E-state index is 11.0. The van der Waals surface area contributed by atoms with Crippen LogP contribution in [-0.4, -0.2) is 12.9 Å². The quantitative estimate of drug-likeness (QED) is 0.730. The van der Waals surface area contributed by atoms with Crippen LogP contribution in [0.1, 0.15) is 23.7 Å². The summed E-state index contributed by atoms with van der Waals surface area (Å²) < 4.78 is 11.4. The van der Waals surface area contributed by atoms with Gasteiger partial charge in [0.1, 0.15) is 5.75 Å². The van der Waals surface area contributed by atoms with Gasteiger partial charge in [-0.15, -0.1) is 0 Å². The molecule has 19 heavy (non-hydrogen) atoms. The Labute approximate surface area is 112 Å². The highest BCUT2D eigenvalue weighted by Crippen LogP contribution is 2.32. The summed E-state index contributed by atoms with van der Waals surface area (Å²) >= 11 is 0. The van der Waals surface area contributed by atoms with Crippen LogP contribution in [0.4, 0.5) is 0 Å². The lowest BCUT2D eigenvalue weighted by molar-refractivity contribution is 0.112. The molecule has 0 saturated carbocycles. The number of carbonyl (C=O) groups excluding carboxylic acids is 1. The van der Waals surface area contributed by atoms with E-state index in [4.69, 9.17) is 9.47 Å². The van der Waals surface area contributed by atoms with E-state index in [2.05, 4.69) is 0 Å². The lowest BCUT2D eigenvalue weighted by atomic mass is 10.2. The standard InChI is InChI=1S/C16H16O3/c1-2-11-18-15-9-5-6-10-16(15)19-14-8-4-3-7-13(14)12-17/h3-10,12H,2,11H2,1H3. The van der Waals surface area contributed by atoms with E-state index < -0.39 is 0 Å². The largest absolute Gasteiger partial charge is 0.490 e. The summed E-state index contributed by atoms with van der Waals surface area (Å²) in [6, 6.07) is 14.6. The molecule has 0 heterocycles. The maximum Gasteiger partial charge on any atom is 0.169 e. The van der Waals surface area contributed by atoms with Gasteiger partial charge in [-0.2, -0.15) is 0 Å². The van der Waals surface area contributed by atoms with Gasteiger partial charge in [-0.1, -0.05) is 31.2 Å². The van der Waals surface area contributed by atoms with Crippen LogP contribution < -0.4 is 9.47 Å². The average Bonchev–Trinajstić information content (AvgIpc) is 2.47. The van der Waals surface area contributed by atoms with Crippen LogP contribution in [0.2, 0.25) is 0 Å². The van der Waals surface area contributed by atoms with E-state index >= 15 is 0 Å². The zero-order valence-corrected chi connectivity index (χ0v) is 10.8. The van der Waals surface area contributed by atoms with Crippen molar-refractivity contribution in [1.29, 1.82) is 0 Å². The van der Waals surface area contributed by atoms with Crippen molar-refractivity contribution in [3.8, 4) is 17.2 Å². The van der Waals surface area contributed by atoms with Gasteiger partial charge in [-0.25, -0.2) is 0 Å². The van der Waals surface area contributed by atoms with Crippen molar-refractivity contribution in [1.82, 2.24) is 0 Å². The number of hydrogen-bond donors (Lipinski definition) is 0. The van der Waals surface area contributed by atoms with Crippen LogP contribution in [0.25, 0.3) is 0 Å². The fourth-order valence-corrected chi connectivity index (χ4v) is 1.66. The molecule has 0 N–H and O–H groups in total. The molecule has 0 saturated heterocycles. The van der Waals surface area contributed by atoms with Gasteiger partial charge in [0.15, 0.2) is 17.8 Å². The van der Waals surface area contributed by atoms with Gasteiger partial charge in [0.2, 0.25) is 0 Å². The number of hydrogen-bond acceptors (Lipinski definition) is 3. The number of rotatable bonds is 6. The van der Waals surface area contributed by atoms with Crippen molar-refractivity contribution in [2.24, 2.45) is 0 Å². The van der Waals surface area contributed by atoms with Crippen molar-refractivity contribution in [2.75, 3.05) is 6.61 Å². The summed E-state index contributed by atoms with van der Waals surface area (Å²) in [6.07, 6.45) is 1.71. The Morgan fingerprint density at radius 3 is 2.26 bits per heavy atom. The molecule has 0 aliphatic rings. The summed E-state index contributed by atoms with van der Waals surface area (Å²) in [5.41, 5.74) is 0.521. The maximum absolute atomic E-state index is 11.0. The highest BCUT2D eigenvalue weighted by Gasteiger charge is 2.08. The van der Waals surface area contributed by atoms with Gasteiger partial charge >= 0.3 is 0 Å². The summed E-state index contributed by atoms with van der Waals surface area (Å²) in [5, 5.41) is 0. The minimum Gasteiger partial charge on any atom is -0.490 e. The molecular formula is C16H16O3. The highest BCUT2D eigenvalue weighted by molar-refractivity contribution is 5.79. The normalized spacial score (nSPS) is 9.95. The topological polar surface area (TPSA) is 35.5 Å². The van der Waals surface area contributed by atoms with E-state index in [9.17, 15) is 4.79 Å². The lowest BCUT2D eigenvalue weighted by Crippen LogP contribution is -1.98. The molecule has 0 spiro atoms. The van der Waals surface area contributed by atoms with Crippen molar-refractivity contribution in [3.63, 3.8) is 0 Å². The van der Waals surface area contributed by atoms with Gasteiger partial charge < -0.3 is 9.47 Å². The Morgan fingerprint density at radius 1 is 0.947 bits per heavy atom. The van der Waals surface area contributed by atoms with Crippen molar-refractivity contribution in [3.05, 3.63) is 54.1 Å². The van der Waals surface area contributed by atoms with Crippen LogP contribution >= 0.6 is 0 Å². The number of aldehydes is 1. The molecule has 0 aliphatic carbocycles. The molecule has 2 aromatic rings. The van der Waals surface area contributed by atoms with Crippen LogP contribution in [0.15, 0.2) is 48.5 Å². The molecule has 3 heteroatoms. The van der Waals surface area contributed by atoms with Crippen LogP contribution in [0.5, 0.6) is 17.2 Å². The molecule has 0 aliphatic heterocycles. The van der Waals surface area contributed by atoms with E-state index in [1.807, 2.05) is 37.3 Å². The molecule has 0 unspecified atom stereocenters. The fourth-order valence-electron chi connectivity index (χ4n) is 1.66. The SMILES string of the molecule is CCCOc1ccccc1Oc1ccccc1C=O. The van der Waals surface area contributed by atoms with Crippen molar-refractivity contribution < 1.29 is 14.3 Å². The van der Waals surface area contributed by atoms with Gasteiger partial charge in [0.25, 0.3) is 0 Å². The van der Waals surface area contributed by atoms with E-state index in [0.717, 1.165) is 12.7 Å². The predicted octanol–water partition coefficient (Wildman–Crippen LogP) is 4.08. The smallest absolute Gasteiger partial charge is 0.169 e. The second kappa shape index (κ2) is 6.59. The Morgan fingerprint density at radius 2 is 1.58 bits per heavy atom. The number of carbonyl (C=O) groups is 1. The molecule has 0 radical (unpaired) electrons. The van der Waals surface area contributed by atoms with Crippen LogP contribution in [0.3, 0.4) is 0 Å². The third-order valence-corrected chi connectivity index (χ3v) is 2.58. The second-order valence-corrected chi connectivity index (χ2v) is 4.05. The summed E-state index contributed by atoms with van der Waals surface area (Å²) in [7, 11) is 0. The van der Waals surface area contributed by atoms with E-state index in [0.29, 0.717) is 29.4 Å². The first-order valence-electron chi connectivity index (χ1n) is 6.29. The van der Waals surface area contributed by atoms with Crippen LogP contribution in [0, 0.1) is 0 Å². The molecule has 0 atom stereocenters. The number of ether oxygens (including phenoxy) is 2. The van der Waals surface area contributed by atoms with Gasteiger partial charge in [-0.3, -0.25) is 4.79 Å². The third kappa shape index (κ3) is 3.35. The fraction of sp³-hybridized carbons (Fsp3) is 0.188. The lowest BCUT2D eigenvalue weighted by Gasteiger charge is -2.12. The Kier molecular flexibility index (Phi) is 4.56. The summed E-state index contributed by atoms with van der Waals surface area (Å²) in [5.74, 6) is 1.83. The number of para-hydroxylation sites is 3. The minimum absolute atomic E-state index is 0.521. The summed E-state index contributed by atoms with van der Waals surface area (Å²) in [4.78, 5) is 11.0. The molecule has 0 amide bonds.